The summed E-state index contributed by atoms with van der Waals surface area (Å²) < 4.78 is 11.3. The summed E-state index contributed by atoms with van der Waals surface area (Å²) in [7, 11) is 0. The van der Waals surface area contributed by atoms with Gasteiger partial charge in [0.1, 0.15) is 24.4 Å². The van der Waals surface area contributed by atoms with E-state index in [0.717, 1.165) is 96.3 Å². The Balaban J connectivity index is 2.26. The lowest BCUT2D eigenvalue weighted by atomic mass is 9.99. The van der Waals surface area contributed by atoms with Crippen LogP contribution in [0.1, 0.15) is 219 Å². The zero-order chi connectivity index (χ0) is 50.1. The number of ether oxygens (including phenoxy) is 2. The molecule has 1 aliphatic heterocycles. The Morgan fingerprint density at radius 3 is 1.33 bits per heavy atom. The fourth-order valence-electron chi connectivity index (χ4n) is 8.25. The van der Waals surface area contributed by atoms with Crippen LogP contribution in [-0.2, 0) is 14.3 Å². The molecule has 9 heteroatoms. The standard InChI is InChI=1S/C60H103NO8/c1-3-5-7-9-11-13-15-17-19-21-22-23-24-25-26-27-28-29-30-31-32-34-36-38-40-42-44-46-48-50-56(64)61-53(52-68-60-59(67)58(66)57(65)55(51-62)69-60)54(63)49-47-45-43-41-39-37-35-33-20-18-16-14-12-10-8-6-4-2/h5,7,11,13,17,19,22-23,25-26,28-29,31-32,47,49,53-55,57-60,62-63,65-67H,3-4,6,8-10,12,14-16,18,20-21,24,27,30,33-46,48,50-52H2,1-2H3,(H,61,64)/b7-5-,13-11-,19-17-,23-22-,26-25-,29-28-,32-31-,49-47+. The second-order valence-electron chi connectivity index (χ2n) is 19.0. The van der Waals surface area contributed by atoms with Gasteiger partial charge in [0.2, 0.25) is 5.91 Å². The molecule has 0 aromatic rings. The number of carbonyl (C=O) groups excluding carboxylic acids is 1. The zero-order valence-corrected chi connectivity index (χ0v) is 43.8. The quantitative estimate of drug-likeness (QED) is 0.0261. The van der Waals surface area contributed by atoms with E-state index in [1.165, 1.54) is 103 Å². The summed E-state index contributed by atoms with van der Waals surface area (Å²) in [6, 6.07) is -0.818. The summed E-state index contributed by atoms with van der Waals surface area (Å²) >= 11 is 0. The van der Waals surface area contributed by atoms with E-state index in [1.807, 2.05) is 6.08 Å². The Morgan fingerprint density at radius 2 is 0.899 bits per heavy atom. The number of aliphatic hydroxyl groups is 5. The maximum atomic E-state index is 13.0. The molecule has 0 aromatic heterocycles. The lowest BCUT2D eigenvalue weighted by molar-refractivity contribution is -0.302. The molecule has 7 unspecified atom stereocenters. The van der Waals surface area contributed by atoms with Gasteiger partial charge < -0.3 is 40.3 Å². The first-order valence-corrected chi connectivity index (χ1v) is 28.0. The van der Waals surface area contributed by atoms with Gasteiger partial charge in [-0.05, 0) is 77.0 Å². The molecule has 0 spiro atoms. The monoisotopic (exact) mass is 966 g/mol. The third-order valence-corrected chi connectivity index (χ3v) is 12.7. The second-order valence-corrected chi connectivity index (χ2v) is 19.0. The molecule has 9 nitrogen and oxygen atoms in total. The average Bonchev–Trinajstić information content (AvgIpc) is 3.35. The van der Waals surface area contributed by atoms with Crippen molar-refractivity contribution in [3.63, 3.8) is 0 Å². The van der Waals surface area contributed by atoms with E-state index in [2.05, 4.69) is 104 Å². The van der Waals surface area contributed by atoms with E-state index >= 15 is 0 Å². The van der Waals surface area contributed by atoms with E-state index in [0.29, 0.717) is 6.42 Å². The number of unbranched alkanes of at least 4 members (excludes halogenated alkanes) is 22. The Hall–Kier alpha value is -2.89. The lowest BCUT2D eigenvalue weighted by Gasteiger charge is -2.40. The van der Waals surface area contributed by atoms with Gasteiger partial charge in [0.25, 0.3) is 0 Å². The molecule has 1 amide bonds. The summed E-state index contributed by atoms with van der Waals surface area (Å²) in [4.78, 5) is 13.0. The average molecular weight is 966 g/mol. The second kappa shape index (κ2) is 48.7. The third kappa shape index (κ3) is 38.5. The SMILES string of the molecule is CC/C=C\C/C=C\C/C=C\C/C=C\C/C=C\C/C=C\C/C=C\CCCCCCCCCC(=O)NC(COC1OC(CO)C(O)C(O)C1O)C(O)/C=C/CCCCCCCCCCCCCCCCC. The van der Waals surface area contributed by atoms with E-state index < -0.39 is 49.5 Å². The van der Waals surface area contributed by atoms with Gasteiger partial charge in [-0.25, -0.2) is 0 Å². The van der Waals surface area contributed by atoms with Crippen LogP contribution in [-0.4, -0.2) is 87.5 Å². The maximum absolute atomic E-state index is 13.0. The minimum Gasteiger partial charge on any atom is -0.394 e. The van der Waals surface area contributed by atoms with Crippen molar-refractivity contribution in [3.8, 4) is 0 Å². The van der Waals surface area contributed by atoms with Crippen molar-refractivity contribution in [1.29, 1.82) is 0 Å². The number of amides is 1. The van der Waals surface area contributed by atoms with E-state index in [4.69, 9.17) is 9.47 Å². The van der Waals surface area contributed by atoms with Crippen molar-refractivity contribution in [3.05, 3.63) is 97.2 Å². The molecule has 0 aliphatic carbocycles. The van der Waals surface area contributed by atoms with Crippen LogP contribution in [0.25, 0.3) is 0 Å². The van der Waals surface area contributed by atoms with Crippen LogP contribution < -0.4 is 5.32 Å². The van der Waals surface area contributed by atoms with Crippen molar-refractivity contribution in [1.82, 2.24) is 5.32 Å². The molecular formula is C60H103NO8. The molecule has 0 radical (unpaired) electrons. The summed E-state index contributed by atoms with van der Waals surface area (Å²) in [6.07, 6.45) is 63.1. The molecule has 1 rings (SSSR count). The van der Waals surface area contributed by atoms with Gasteiger partial charge in [-0.3, -0.25) is 4.79 Å². The Bertz CT molecular complexity index is 1400. The first-order valence-electron chi connectivity index (χ1n) is 28.0. The highest BCUT2D eigenvalue weighted by atomic mass is 16.7. The highest BCUT2D eigenvalue weighted by Crippen LogP contribution is 2.23. The number of rotatable bonds is 46. The minimum absolute atomic E-state index is 0.192. The topological polar surface area (TPSA) is 149 Å². The first kappa shape index (κ1) is 64.1. The number of allylic oxidation sites excluding steroid dienone is 15. The van der Waals surface area contributed by atoms with E-state index in [-0.39, 0.29) is 12.5 Å². The van der Waals surface area contributed by atoms with Crippen molar-refractivity contribution < 1.29 is 39.8 Å². The number of nitrogens with one attached hydrogen (secondary N) is 1. The van der Waals surface area contributed by atoms with Gasteiger partial charge in [0.05, 0.1) is 25.4 Å². The Morgan fingerprint density at radius 1 is 0.507 bits per heavy atom. The minimum atomic E-state index is -1.57. The number of aliphatic hydroxyl groups excluding tert-OH is 5. The van der Waals surface area contributed by atoms with Crippen molar-refractivity contribution >= 4 is 5.91 Å². The normalized spacial score (nSPS) is 20.2. The van der Waals surface area contributed by atoms with Gasteiger partial charge in [0.15, 0.2) is 6.29 Å². The van der Waals surface area contributed by atoms with Crippen molar-refractivity contribution in [2.45, 2.75) is 262 Å². The molecule has 1 saturated heterocycles. The van der Waals surface area contributed by atoms with Gasteiger partial charge in [-0.1, -0.05) is 233 Å². The van der Waals surface area contributed by atoms with Crippen molar-refractivity contribution in [2.24, 2.45) is 0 Å². The first-order chi connectivity index (χ1) is 33.8. The zero-order valence-electron chi connectivity index (χ0n) is 43.8. The highest BCUT2D eigenvalue weighted by Gasteiger charge is 2.44. The van der Waals surface area contributed by atoms with Gasteiger partial charge in [-0.2, -0.15) is 0 Å². The molecule has 1 fully saturated rings. The van der Waals surface area contributed by atoms with E-state index in [1.54, 1.807) is 6.08 Å². The van der Waals surface area contributed by atoms with Gasteiger partial charge >= 0.3 is 0 Å². The fraction of sp³-hybridized carbons (Fsp3) is 0.717. The molecule has 396 valence electrons. The molecule has 7 atom stereocenters. The van der Waals surface area contributed by atoms with Crippen LogP contribution in [0, 0.1) is 0 Å². The highest BCUT2D eigenvalue weighted by molar-refractivity contribution is 5.76. The fourth-order valence-corrected chi connectivity index (χ4v) is 8.25. The van der Waals surface area contributed by atoms with Crippen LogP contribution in [0.15, 0.2) is 97.2 Å². The summed E-state index contributed by atoms with van der Waals surface area (Å²) in [6.45, 7) is 3.66. The van der Waals surface area contributed by atoms with Crippen LogP contribution in [0.2, 0.25) is 0 Å². The van der Waals surface area contributed by atoms with Gasteiger partial charge in [-0.15, -0.1) is 0 Å². The molecule has 6 N–H and O–H groups in total. The van der Waals surface area contributed by atoms with Crippen molar-refractivity contribution in [2.75, 3.05) is 13.2 Å². The molecule has 69 heavy (non-hydrogen) atoms. The summed E-state index contributed by atoms with van der Waals surface area (Å²) in [5.74, 6) is -0.192. The molecule has 0 saturated carbocycles. The third-order valence-electron chi connectivity index (χ3n) is 12.7. The Kier molecular flexibility index (Phi) is 45.3. The molecule has 1 aliphatic rings. The lowest BCUT2D eigenvalue weighted by Crippen LogP contribution is -2.60. The number of hydrogen-bond acceptors (Lipinski definition) is 8. The van der Waals surface area contributed by atoms with Gasteiger partial charge in [0, 0.05) is 6.42 Å². The molecular weight excluding hydrogens is 863 g/mol. The predicted molar refractivity (Wildman–Crippen MR) is 290 cm³/mol. The number of hydrogen-bond donors (Lipinski definition) is 6. The molecule has 1 heterocycles. The smallest absolute Gasteiger partial charge is 0.220 e. The Labute approximate surface area is 422 Å². The van der Waals surface area contributed by atoms with E-state index in [9.17, 15) is 30.3 Å². The largest absolute Gasteiger partial charge is 0.394 e. The van der Waals surface area contributed by atoms with Crippen LogP contribution >= 0.6 is 0 Å². The molecule has 0 aromatic carbocycles. The summed E-state index contributed by atoms with van der Waals surface area (Å²) in [5.41, 5.74) is 0. The van der Waals surface area contributed by atoms with Crippen LogP contribution in [0.3, 0.4) is 0 Å². The van der Waals surface area contributed by atoms with Crippen LogP contribution in [0.5, 0.6) is 0 Å². The predicted octanol–water partition coefficient (Wildman–Crippen LogP) is 13.6. The number of carbonyl (C=O) groups is 1. The maximum Gasteiger partial charge on any atom is 0.220 e. The van der Waals surface area contributed by atoms with Crippen LogP contribution in [0.4, 0.5) is 0 Å². The molecule has 0 bridgehead atoms. The summed E-state index contributed by atoms with van der Waals surface area (Å²) in [5, 5.41) is 54.5.